The second-order valence-corrected chi connectivity index (χ2v) is 5.86. The van der Waals surface area contributed by atoms with Gasteiger partial charge >= 0.3 is 0 Å². The van der Waals surface area contributed by atoms with Crippen molar-refractivity contribution in [3.63, 3.8) is 0 Å². The predicted molar refractivity (Wildman–Crippen MR) is 88.5 cm³/mol. The lowest BCUT2D eigenvalue weighted by Crippen LogP contribution is -2.38. The van der Waals surface area contributed by atoms with E-state index in [4.69, 9.17) is 5.73 Å². The number of nitrogens with two attached hydrogens (primary N) is 1. The van der Waals surface area contributed by atoms with Crippen LogP contribution in [0, 0.1) is 0 Å². The van der Waals surface area contributed by atoms with Gasteiger partial charge in [-0.2, -0.15) is 5.10 Å². The molecule has 1 fully saturated rings. The van der Waals surface area contributed by atoms with Gasteiger partial charge in [0.15, 0.2) is 5.96 Å². The van der Waals surface area contributed by atoms with E-state index in [1.807, 2.05) is 35.3 Å². The summed E-state index contributed by atoms with van der Waals surface area (Å²) >= 11 is 0. The minimum Gasteiger partial charge on any atom is -0.370 e. The highest BCUT2D eigenvalue weighted by Gasteiger charge is 2.14. The fourth-order valence-corrected chi connectivity index (χ4v) is 2.85. The average Bonchev–Trinajstić information content (AvgIpc) is 3.18. The summed E-state index contributed by atoms with van der Waals surface area (Å²) in [7, 11) is 0. The summed E-state index contributed by atoms with van der Waals surface area (Å²) in [6, 6.07) is 10.8. The second kappa shape index (κ2) is 7.11. The molecule has 0 spiro atoms. The molecule has 0 unspecified atom stereocenters. The minimum absolute atomic E-state index is 0.504. The van der Waals surface area contributed by atoms with Crippen LogP contribution in [0.2, 0.25) is 0 Å². The number of aliphatic imine (C=N–C) groups is 1. The summed E-state index contributed by atoms with van der Waals surface area (Å²) in [5.74, 6) is 0.544. The van der Waals surface area contributed by atoms with Gasteiger partial charge in [0, 0.05) is 17.8 Å². The van der Waals surface area contributed by atoms with E-state index in [0.717, 1.165) is 12.1 Å². The van der Waals surface area contributed by atoms with E-state index < -0.39 is 0 Å². The molecule has 0 saturated heterocycles. The van der Waals surface area contributed by atoms with E-state index in [-0.39, 0.29) is 0 Å². The zero-order chi connectivity index (χ0) is 15.2. The molecule has 1 heterocycles. The van der Waals surface area contributed by atoms with Crippen LogP contribution in [0.1, 0.15) is 36.8 Å². The fraction of sp³-hybridized carbons (Fsp3) is 0.412. The van der Waals surface area contributed by atoms with Gasteiger partial charge in [0.2, 0.25) is 0 Å². The Balaban J connectivity index is 1.52. The van der Waals surface area contributed by atoms with Crippen LogP contribution >= 0.6 is 0 Å². The Morgan fingerprint density at radius 3 is 2.77 bits per heavy atom. The van der Waals surface area contributed by atoms with Crippen LogP contribution in [0.15, 0.2) is 47.7 Å². The monoisotopic (exact) mass is 297 g/mol. The zero-order valence-corrected chi connectivity index (χ0v) is 12.8. The maximum Gasteiger partial charge on any atom is 0.189 e. The zero-order valence-electron chi connectivity index (χ0n) is 12.8. The van der Waals surface area contributed by atoms with E-state index in [0.29, 0.717) is 18.5 Å². The molecular formula is C17H23N5. The second-order valence-electron chi connectivity index (χ2n) is 5.86. The largest absolute Gasteiger partial charge is 0.370 e. The highest BCUT2D eigenvalue weighted by molar-refractivity contribution is 5.78. The van der Waals surface area contributed by atoms with E-state index in [9.17, 15) is 0 Å². The third-order valence-electron chi connectivity index (χ3n) is 4.01. The van der Waals surface area contributed by atoms with Gasteiger partial charge in [0.05, 0.1) is 19.3 Å². The quantitative estimate of drug-likeness (QED) is 0.657. The van der Waals surface area contributed by atoms with Gasteiger partial charge in [-0.15, -0.1) is 0 Å². The molecule has 22 heavy (non-hydrogen) atoms. The van der Waals surface area contributed by atoms with Crippen molar-refractivity contribution >= 4 is 5.96 Å². The number of nitrogens with one attached hydrogen (secondary N) is 1. The van der Waals surface area contributed by atoms with E-state index >= 15 is 0 Å². The first-order chi connectivity index (χ1) is 10.8. The number of aromatic nitrogens is 2. The molecule has 116 valence electrons. The Labute approximate surface area is 131 Å². The van der Waals surface area contributed by atoms with Crippen molar-refractivity contribution < 1.29 is 0 Å². The third kappa shape index (κ3) is 4.10. The number of hydrogen-bond donors (Lipinski definition) is 2. The van der Waals surface area contributed by atoms with Crippen LogP contribution in [-0.4, -0.2) is 21.8 Å². The van der Waals surface area contributed by atoms with Crippen molar-refractivity contribution in [3.8, 4) is 0 Å². The fourth-order valence-electron chi connectivity index (χ4n) is 2.85. The molecule has 2 aromatic rings. The van der Waals surface area contributed by atoms with Crippen LogP contribution in [0.5, 0.6) is 0 Å². The molecule has 1 aliphatic carbocycles. The molecule has 0 aliphatic heterocycles. The van der Waals surface area contributed by atoms with Crippen LogP contribution in [0.25, 0.3) is 0 Å². The summed E-state index contributed by atoms with van der Waals surface area (Å²) in [4.78, 5) is 4.41. The lowest BCUT2D eigenvalue weighted by molar-refractivity contribution is 0.625. The molecule has 3 N–H and O–H groups in total. The first-order valence-corrected chi connectivity index (χ1v) is 7.91. The summed E-state index contributed by atoms with van der Waals surface area (Å²) in [5.41, 5.74) is 8.26. The molecule has 3 rings (SSSR count). The molecule has 0 atom stereocenters. The van der Waals surface area contributed by atoms with Crippen molar-refractivity contribution in [1.82, 2.24) is 15.1 Å². The molecule has 5 heteroatoms. The molecular weight excluding hydrogens is 274 g/mol. The van der Waals surface area contributed by atoms with Crippen LogP contribution < -0.4 is 11.1 Å². The Bertz CT molecular complexity index is 611. The van der Waals surface area contributed by atoms with Gasteiger partial charge in [0.25, 0.3) is 0 Å². The van der Waals surface area contributed by atoms with E-state index in [1.165, 1.54) is 31.2 Å². The minimum atomic E-state index is 0.504. The molecule has 0 radical (unpaired) electrons. The van der Waals surface area contributed by atoms with Gasteiger partial charge in [-0.1, -0.05) is 43.2 Å². The SMILES string of the molecule is NC(=NCc1cnn(Cc2ccccc2)c1)NC1CCCC1. The van der Waals surface area contributed by atoms with Gasteiger partial charge in [0.1, 0.15) is 0 Å². The van der Waals surface area contributed by atoms with Crippen molar-refractivity contribution in [2.24, 2.45) is 10.7 Å². The molecule has 1 aromatic heterocycles. The lowest BCUT2D eigenvalue weighted by atomic mass is 10.2. The lowest BCUT2D eigenvalue weighted by Gasteiger charge is -2.11. The van der Waals surface area contributed by atoms with Crippen LogP contribution in [0.4, 0.5) is 0 Å². The van der Waals surface area contributed by atoms with Crippen molar-refractivity contribution in [3.05, 3.63) is 53.9 Å². The maximum atomic E-state index is 5.94. The number of rotatable bonds is 5. The first-order valence-electron chi connectivity index (χ1n) is 7.91. The third-order valence-corrected chi connectivity index (χ3v) is 4.01. The standard InChI is InChI=1S/C17H23N5/c18-17(21-16-8-4-5-9-16)19-10-15-11-20-22(13-15)12-14-6-2-1-3-7-14/h1-3,6-7,11,13,16H,4-5,8-10,12H2,(H3,18,19,21). The Kier molecular flexibility index (Phi) is 4.73. The normalized spacial score (nSPS) is 16.1. The Morgan fingerprint density at radius 2 is 2.00 bits per heavy atom. The molecule has 0 bridgehead atoms. The molecule has 1 saturated carbocycles. The highest BCUT2D eigenvalue weighted by Crippen LogP contribution is 2.17. The highest BCUT2D eigenvalue weighted by atomic mass is 15.3. The number of benzene rings is 1. The number of nitrogens with zero attached hydrogens (tertiary/aromatic N) is 3. The van der Waals surface area contributed by atoms with E-state index in [1.54, 1.807) is 0 Å². The maximum absolute atomic E-state index is 5.94. The topological polar surface area (TPSA) is 68.2 Å². The van der Waals surface area contributed by atoms with Gasteiger partial charge in [-0.25, -0.2) is 4.99 Å². The number of hydrogen-bond acceptors (Lipinski definition) is 2. The average molecular weight is 297 g/mol. The summed E-state index contributed by atoms with van der Waals surface area (Å²) in [6.07, 6.45) is 8.86. The van der Waals surface area contributed by atoms with Gasteiger partial charge in [-0.05, 0) is 18.4 Å². The van der Waals surface area contributed by atoms with Crippen LogP contribution in [-0.2, 0) is 13.1 Å². The first kappa shape index (κ1) is 14.6. The van der Waals surface area contributed by atoms with E-state index in [2.05, 4.69) is 27.5 Å². The molecule has 0 amide bonds. The van der Waals surface area contributed by atoms with Gasteiger partial charge in [-0.3, -0.25) is 4.68 Å². The predicted octanol–water partition coefficient (Wildman–Crippen LogP) is 2.28. The summed E-state index contributed by atoms with van der Waals surface area (Å²) < 4.78 is 1.93. The summed E-state index contributed by atoms with van der Waals surface area (Å²) in [5, 5.41) is 7.68. The van der Waals surface area contributed by atoms with Crippen LogP contribution in [0.3, 0.4) is 0 Å². The van der Waals surface area contributed by atoms with Crippen molar-refractivity contribution in [2.75, 3.05) is 0 Å². The Morgan fingerprint density at radius 1 is 1.23 bits per heavy atom. The summed E-state index contributed by atoms with van der Waals surface area (Å²) in [6.45, 7) is 1.35. The van der Waals surface area contributed by atoms with Crippen molar-refractivity contribution in [1.29, 1.82) is 0 Å². The Hall–Kier alpha value is -2.30. The van der Waals surface area contributed by atoms with Gasteiger partial charge < -0.3 is 11.1 Å². The number of guanidine groups is 1. The molecule has 1 aromatic carbocycles. The smallest absolute Gasteiger partial charge is 0.189 e. The van der Waals surface area contributed by atoms with Crippen molar-refractivity contribution in [2.45, 2.75) is 44.8 Å². The molecule has 1 aliphatic rings. The molecule has 5 nitrogen and oxygen atoms in total.